The average molecular weight is 166 g/mol. The van der Waals surface area contributed by atoms with Crippen molar-refractivity contribution in [2.24, 2.45) is 0 Å². The van der Waals surface area contributed by atoms with Crippen LogP contribution in [-0.2, 0) is 4.74 Å². The highest BCUT2D eigenvalue weighted by Gasteiger charge is 2.18. The number of carbonyl (C=O) groups is 1. The van der Waals surface area contributed by atoms with Gasteiger partial charge in [-0.25, -0.2) is 4.98 Å². The molecule has 1 fully saturated rings. The minimum atomic E-state index is 0.0210. The third kappa shape index (κ3) is 1.14. The molecule has 4 heteroatoms. The van der Waals surface area contributed by atoms with Crippen LogP contribution in [0.15, 0.2) is 12.4 Å². The van der Waals surface area contributed by atoms with Crippen molar-refractivity contribution in [2.75, 3.05) is 6.61 Å². The highest BCUT2D eigenvalue weighted by atomic mass is 16.5. The molecule has 1 aliphatic rings. The monoisotopic (exact) mass is 166 g/mol. The van der Waals surface area contributed by atoms with Gasteiger partial charge in [0.1, 0.15) is 6.23 Å². The largest absolute Gasteiger partial charge is 0.358 e. The first-order valence-electron chi connectivity index (χ1n) is 4.01. The van der Waals surface area contributed by atoms with Gasteiger partial charge in [-0.15, -0.1) is 0 Å². The molecule has 1 aliphatic heterocycles. The zero-order valence-corrected chi connectivity index (χ0v) is 6.64. The van der Waals surface area contributed by atoms with E-state index in [0.717, 1.165) is 25.7 Å². The Labute approximate surface area is 70.2 Å². The van der Waals surface area contributed by atoms with Crippen molar-refractivity contribution in [2.45, 2.75) is 19.1 Å². The second kappa shape index (κ2) is 3.06. The first kappa shape index (κ1) is 7.49. The van der Waals surface area contributed by atoms with Crippen LogP contribution in [-0.4, -0.2) is 22.4 Å². The molecule has 1 unspecified atom stereocenters. The Kier molecular flexibility index (Phi) is 1.91. The number of hydrogen-bond donors (Lipinski definition) is 0. The number of aldehydes is 1. The third-order valence-electron chi connectivity index (χ3n) is 2.02. The van der Waals surface area contributed by atoms with Gasteiger partial charge in [-0.05, 0) is 12.8 Å². The highest BCUT2D eigenvalue weighted by molar-refractivity contribution is 5.69. The number of rotatable bonds is 2. The van der Waals surface area contributed by atoms with Gasteiger partial charge in [-0.3, -0.25) is 4.79 Å². The molecule has 1 aromatic heterocycles. The first-order chi connectivity index (χ1) is 5.92. The lowest BCUT2D eigenvalue weighted by molar-refractivity contribution is 0.0542. The number of hydrogen-bond acceptors (Lipinski definition) is 3. The number of carbonyl (C=O) groups excluding carboxylic acids is 1. The summed E-state index contributed by atoms with van der Waals surface area (Å²) in [6.07, 6.45) is 6.19. The summed E-state index contributed by atoms with van der Waals surface area (Å²) in [5, 5.41) is 0. The normalized spacial score (nSPS) is 22.8. The molecule has 0 radical (unpaired) electrons. The number of nitrogens with zero attached hydrogens (tertiary/aromatic N) is 2. The summed E-state index contributed by atoms with van der Waals surface area (Å²) in [7, 11) is 0. The van der Waals surface area contributed by atoms with Crippen LogP contribution in [0.2, 0.25) is 0 Å². The number of imidazole rings is 1. The third-order valence-corrected chi connectivity index (χ3v) is 2.02. The van der Waals surface area contributed by atoms with Crippen LogP contribution >= 0.6 is 0 Å². The fourth-order valence-electron chi connectivity index (χ4n) is 1.44. The Morgan fingerprint density at radius 3 is 3.33 bits per heavy atom. The van der Waals surface area contributed by atoms with Gasteiger partial charge < -0.3 is 9.30 Å². The Balaban J connectivity index is 2.25. The van der Waals surface area contributed by atoms with Crippen LogP contribution in [0.3, 0.4) is 0 Å². The van der Waals surface area contributed by atoms with Crippen molar-refractivity contribution in [1.29, 1.82) is 0 Å². The van der Waals surface area contributed by atoms with E-state index in [4.69, 9.17) is 4.74 Å². The number of ether oxygens (including phenoxy) is 1. The summed E-state index contributed by atoms with van der Waals surface area (Å²) in [6.45, 7) is 0.779. The lowest BCUT2D eigenvalue weighted by Crippen LogP contribution is -2.09. The lowest BCUT2D eigenvalue weighted by Gasteiger charge is -2.11. The molecule has 0 aliphatic carbocycles. The summed E-state index contributed by atoms with van der Waals surface area (Å²) in [5.41, 5.74) is 0. The van der Waals surface area contributed by atoms with Gasteiger partial charge in [0.05, 0.1) is 0 Å². The van der Waals surface area contributed by atoms with E-state index in [1.54, 1.807) is 17.0 Å². The average Bonchev–Trinajstić information content (AvgIpc) is 2.74. The molecule has 1 saturated heterocycles. The lowest BCUT2D eigenvalue weighted by atomic mass is 10.3. The maximum atomic E-state index is 10.5. The molecule has 0 aromatic carbocycles. The van der Waals surface area contributed by atoms with Crippen LogP contribution in [0.4, 0.5) is 0 Å². The zero-order chi connectivity index (χ0) is 8.39. The quantitative estimate of drug-likeness (QED) is 0.616. The summed E-state index contributed by atoms with van der Waals surface area (Å²) in [6, 6.07) is 0. The van der Waals surface area contributed by atoms with Gasteiger partial charge in [-0.1, -0.05) is 0 Å². The molecule has 64 valence electrons. The van der Waals surface area contributed by atoms with Crippen LogP contribution in [0.1, 0.15) is 29.7 Å². The predicted molar refractivity (Wildman–Crippen MR) is 41.8 cm³/mol. The second-order valence-corrected chi connectivity index (χ2v) is 2.78. The van der Waals surface area contributed by atoms with Gasteiger partial charge in [0.2, 0.25) is 0 Å². The molecule has 0 N–H and O–H groups in total. The van der Waals surface area contributed by atoms with Gasteiger partial charge in [0.25, 0.3) is 0 Å². The molecule has 2 heterocycles. The molecular weight excluding hydrogens is 156 g/mol. The summed E-state index contributed by atoms with van der Waals surface area (Å²) in [5.74, 6) is 0.446. The molecule has 0 spiro atoms. The molecule has 0 saturated carbocycles. The van der Waals surface area contributed by atoms with Gasteiger partial charge in [-0.2, -0.15) is 0 Å². The van der Waals surface area contributed by atoms with Crippen molar-refractivity contribution in [1.82, 2.24) is 9.55 Å². The molecule has 1 atom stereocenters. The predicted octanol–water partition coefficient (Wildman–Crippen LogP) is 1.00. The zero-order valence-electron chi connectivity index (χ0n) is 6.64. The Hall–Kier alpha value is -1.16. The van der Waals surface area contributed by atoms with Gasteiger partial charge in [0, 0.05) is 19.0 Å². The summed E-state index contributed by atoms with van der Waals surface area (Å²) < 4.78 is 7.18. The Morgan fingerprint density at radius 1 is 1.75 bits per heavy atom. The highest BCUT2D eigenvalue weighted by Crippen LogP contribution is 2.23. The SMILES string of the molecule is O=Cc1nccn1C1CCCO1. The van der Waals surface area contributed by atoms with Crippen LogP contribution in [0.5, 0.6) is 0 Å². The van der Waals surface area contributed by atoms with Crippen molar-refractivity contribution < 1.29 is 9.53 Å². The topological polar surface area (TPSA) is 44.1 Å². The molecular formula is C8H10N2O2. The molecule has 0 amide bonds. The maximum Gasteiger partial charge on any atom is 0.185 e. The standard InChI is InChI=1S/C8H10N2O2/c11-6-7-9-3-4-10(7)8-2-1-5-12-8/h3-4,6,8H,1-2,5H2. The van der Waals surface area contributed by atoms with E-state index in [-0.39, 0.29) is 6.23 Å². The van der Waals surface area contributed by atoms with Crippen molar-refractivity contribution in [3.8, 4) is 0 Å². The molecule has 1 aromatic rings. The van der Waals surface area contributed by atoms with Crippen LogP contribution < -0.4 is 0 Å². The van der Waals surface area contributed by atoms with E-state index in [1.807, 2.05) is 0 Å². The maximum absolute atomic E-state index is 10.5. The van der Waals surface area contributed by atoms with Gasteiger partial charge in [0.15, 0.2) is 12.1 Å². The minimum Gasteiger partial charge on any atom is -0.358 e. The molecule has 2 rings (SSSR count). The number of aromatic nitrogens is 2. The Bertz CT molecular complexity index is 276. The van der Waals surface area contributed by atoms with Crippen LogP contribution in [0, 0.1) is 0 Å². The van der Waals surface area contributed by atoms with Crippen molar-refractivity contribution in [3.63, 3.8) is 0 Å². The van der Waals surface area contributed by atoms with Crippen molar-refractivity contribution in [3.05, 3.63) is 18.2 Å². The minimum absolute atomic E-state index is 0.0210. The molecule has 4 nitrogen and oxygen atoms in total. The van der Waals surface area contributed by atoms with E-state index in [2.05, 4.69) is 4.98 Å². The van der Waals surface area contributed by atoms with E-state index >= 15 is 0 Å². The summed E-state index contributed by atoms with van der Waals surface area (Å²) >= 11 is 0. The Morgan fingerprint density at radius 2 is 2.67 bits per heavy atom. The first-order valence-corrected chi connectivity index (χ1v) is 4.01. The summed E-state index contributed by atoms with van der Waals surface area (Å²) in [4.78, 5) is 14.4. The van der Waals surface area contributed by atoms with E-state index in [1.165, 1.54) is 0 Å². The van der Waals surface area contributed by atoms with Crippen LogP contribution in [0.25, 0.3) is 0 Å². The molecule has 12 heavy (non-hydrogen) atoms. The fourth-order valence-corrected chi connectivity index (χ4v) is 1.44. The second-order valence-electron chi connectivity index (χ2n) is 2.78. The fraction of sp³-hybridized carbons (Fsp3) is 0.500. The van der Waals surface area contributed by atoms with E-state index in [0.29, 0.717) is 5.82 Å². The van der Waals surface area contributed by atoms with E-state index in [9.17, 15) is 4.79 Å². The smallest absolute Gasteiger partial charge is 0.185 e. The van der Waals surface area contributed by atoms with Crippen molar-refractivity contribution >= 4 is 6.29 Å². The molecule has 0 bridgehead atoms. The van der Waals surface area contributed by atoms with Gasteiger partial charge >= 0.3 is 0 Å². The van der Waals surface area contributed by atoms with E-state index < -0.39 is 0 Å².